The molecule has 0 saturated heterocycles. The Hall–Kier alpha value is -2.74. The number of hydrogen-bond acceptors (Lipinski definition) is 5. The van der Waals surface area contributed by atoms with Gasteiger partial charge in [-0.3, -0.25) is 14.0 Å². The topological polar surface area (TPSA) is 83.7 Å². The van der Waals surface area contributed by atoms with Gasteiger partial charge < -0.3 is 10.4 Å². The number of fused-ring (bicyclic) bond motifs is 1. The molecule has 0 aliphatic heterocycles. The molecule has 0 bridgehead atoms. The number of benzene rings is 1. The van der Waals surface area contributed by atoms with Crippen LogP contribution in [0.5, 0.6) is 5.88 Å². The van der Waals surface area contributed by atoms with Gasteiger partial charge >= 0.3 is 0 Å². The molecule has 0 spiro atoms. The number of nitrogens with zero attached hydrogens (tertiary/aromatic N) is 2. The second-order valence-electron chi connectivity index (χ2n) is 4.48. The first kappa shape index (κ1) is 14.2. The molecule has 0 aliphatic carbocycles. The van der Waals surface area contributed by atoms with E-state index >= 15 is 0 Å². The Morgan fingerprint density at radius 1 is 1.36 bits per heavy atom. The number of hydrogen-bond donors (Lipinski definition) is 2. The molecule has 22 heavy (non-hydrogen) atoms. The van der Waals surface area contributed by atoms with Gasteiger partial charge in [0.1, 0.15) is 5.82 Å². The molecule has 0 radical (unpaired) electrons. The van der Waals surface area contributed by atoms with Crippen LogP contribution < -0.4 is 10.9 Å². The molecule has 112 valence electrons. The molecule has 3 aromatic rings. The standard InChI is InChI=1S/C14H10FN3O3S/c15-9-3-1-8(2-4-9)7-16-11(19)10-12(20)17-14-18(13(10)21)5-6-22-14/h1-6,20H,7H2,(H,16,19). The Kier molecular flexibility index (Phi) is 3.60. The minimum Gasteiger partial charge on any atom is -0.492 e. The normalized spacial score (nSPS) is 10.8. The average Bonchev–Trinajstić information content (AvgIpc) is 2.95. The van der Waals surface area contributed by atoms with Crippen LogP contribution in [-0.4, -0.2) is 20.4 Å². The summed E-state index contributed by atoms with van der Waals surface area (Å²) >= 11 is 1.17. The second kappa shape index (κ2) is 5.57. The molecule has 1 amide bonds. The van der Waals surface area contributed by atoms with E-state index in [1.54, 1.807) is 5.38 Å². The Labute approximate surface area is 127 Å². The summed E-state index contributed by atoms with van der Waals surface area (Å²) in [5.41, 5.74) is -0.391. The zero-order valence-electron chi connectivity index (χ0n) is 11.1. The average molecular weight is 319 g/mol. The Morgan fingerprint density at radius 2 is 2.09 bits per heavy atom. The fourth-order valence-corrected chi connectivity index (χ4v) is 2.64. The Morgan fingerprint density at radius 3 is 2.82 bits per heavy atom. The molecule has 0 saturated carbocycles. The molecule has 2 aromatic heterocycles. The lowest BCUT2D eigenvalue weighted by atomic mass is 10.2. The summed E-state index contributed by atoms with van der Waals surface area (Å²) in [6.45, 7) is 0.102. The summed E-state index contributed by atoms with van der Waals surface area (Å²) in [6, 6.07) is 5.57. The maximum absolute atomic E-state index is 12.8. The fourth-order valence-electron chi connectivity index (χ4n) is 1.94. The van der Waals surface area contributed by atoms with E-state index in [0.717, 1.165) is 0 Å². The number of aromatic hydroxyl groups is 1. The molecule has 3 rings (SSSR count). The molecular weight excluding hydrogens is 309 g/mol. The van der Waals surface area contributed by atoms with Crippen molar-refractivity contribution in [2.24, 2.45) is 0 Å². The van der Waals surface area contributed by atoms with Crippen molar-refractivity contribution in [2.75, 3.05) is 0 Å². The van der Waals surface area contributed by atoms with Crippen LogP contribution in [0.2, 0.25) is 0 Å². The van der Waals surface area contributed by atoms with Crippen LogP contribution in [-0.2, 0) is 6.54 Å². The fraction of sp³-hybridized carbons (Fsp3) is 0.0714. The van der Waals surface area contributed by atoms with Crippen molar-refractivity contribution in [3.63, 3.8) is 0 Å². The van der Waals surface area contributed by atoms with Gasteiger partial charge in [0.25, 0.3) is 11.5 Å². The number of amides is 1. The summed E-state index contributed by atoms with van der Waals surface area (Å²) in [5, 5.41) is 13.9. The van der Waals surface area contributed by atoms with Crippen molar-refractivity contribution in [2.45, 2.75) is 6.54 Å². The van der Waals surface area contributed by atoms with E-state index in [1.165, 1.54) is 46.2 Å². The first-order valence-electron chi connectivity index (χ1n) is 6.28. The van der Waals surface area contributed by atoms with Gasteiger partial charge in [0, 0.05) is 18.1 Å². The van der Waals surface area contributed by atoms with E-state index in [1.807, 2.05) is 0 Å². The highest BCUT2D eigenvalue weighted by atomic mass is 32.1. The molecule has 1 aromatic carbocycles. The maximum atomic E-state index is 12.8. The molecule has 6 nitrogen and oxygen atoms in total. The number of aromatic nitrogens is 2. The first-order valence-corrected chi connectivity index (χ1v) is 7.15. The molecule has 0 fully saturated rings. The van der Waals surface area contributed by atoms with E-state index in [4.69, 9.17) is 0 Å². The maximum Gasteiger partial charge on any atom is 0.275 e. The van der Waals surface area contributed by atoms with Crippen molar-refractivity contribution < 1.29 is 14.3 Å². The van der Waals surface area contributed by atoms with Gasteiger partial charge in [-0.2, -0.15) is 4.98 Å². The van der Waals surface area contributed by atoms with Crippen molar-refractivity contribution in [3.8, 4) is 5.88 Å². The smallest absolute Gasteiger partial charge is 0.275 e. The van der Waals surface area contributed by atoms with Gasteiger partial charge in [0.05, 0.1) is 0 Å². The predicted molar refractivity (Wildman–Crippen MR) is 78.6 cm³/mol. The SMILES string of the molecule is O=C(NCc1ccc(F)cc1)c1c(O)nc2sccn2c1=O. The van der Waals surface area contributed by atoms with E-state index in [0.29, 0.717) is 10.5 Å². The minimum absolute atomic E-state index is 0.102. The number of carbonyl (C=O) groups excluding carboxylic acids is 1. The van der Waals surface area contributed by atoms with Crippen molar-refractivity contribution in [3.05, 3.63) is 63.1 Å². The zero-order chi connectivity index (χ0) is 15.7. The largest absolute Gasteiger partial charge is 0.492 e. The van der Waals surface area contributed by atoms with Crippen LogP contribution in [0.25, 0.3) is 4.96 Å². The van der Waals surface area contributed by atoms with Gasteiger partial charge in [-0.15, -0.1) is 11.3 Å². The molecule has 0 aliphatic rings. The van der Waals surface area contributed by atoms with E-state index in [-0.39, 0.29) is 12.4 Å². The van der Waals surface area contributed by atoms with Crippen LogP contribution >= 0.6 is 11.3 Å². The van der Waals surface area contributed by atoms with Crippen LogP contribution in [0.3, 0.4) is 0 Å². The third-order valence-electron chi connectivity index (χ3n) is 3.04. The third-order valence-corrected chi connectivity index (χ3v) is 3.80. The lowest BCUT2D eigenvalue weighted by Gasteiger charge is -2.06. The van der Waals surface area contributed by atoms with Gasteiger partial charge in [0.15, 0.2) is 10.5 Å². The summed E-state index contributed by atoms with van der Waals surface area (Å²) < 4.78 is 14.0. The number of thiazole rings is 1. The Bertz CT molecular complexity index is 902. The highest BCUT2D eigenvalue weighted by Crippen LogP contribution is 2.14. The van der Waals surface area contributed by atoms with Crippen molar-refractivity contribution in [1.29, 1.82) is 0 Å². The predicted octanol–water partition coefficient (Wildman–Crippen LogP) is 1.53. The van der Waals surface area contributed by atoms with Crippen LogP contribution in [0.4, 0.5) is 4.39 Å². The molecular formula is C14H10FN3O3S. The number of nitrogens with one attached hydrogen (secondary N) is 1. The highest BCUT2D eigenvalue weighted by molar-refractivity contribution is 7.15. The van der Waals surface area contributed by atoms with Crippen LogP contribution in [0.15, 0.2) is 40.6 Å². The lowest BCUT2D eigenvalue weighted by Crippen LogP contribution is -2.31. The van der Waals surface area contributed by atoms with Gasteiger partial charge in [-0.25, -0.2) is 4.39 Å². The van der Waals surface area contributed by atoms with E-state index < -0.39 is 22.9 Å². The van der Waals surface area contributed by atoms with Crippen molar-refractivity contribution >= 4 is 22.2 Å². The minimum atomic E-state index is -0.736. The van der Waals surface area contributed by atoms with E-state index in [2.05, 4.69) is 10.3 Å². The molecule has 8 heteroatoms. The van der Waals surface area contributed by atoms with Crippen molar-refractivity contribution in [1.82, 2.24) is 14.7 Å². The summed E-state index contributed by atoms with van der Waals surface area (Å²) in [7, 11) is 0. The quantitative estimate of drug-likeness (QED) is 0.767. The van der Waals surface area contributed by atoms with Gasteiger partial charge in [-0.1, -0.05) is 12.1 Å². The Balaban J connectivity index is 1.86. The van der Waals surface area contributed by atoms with Gasteiger partial charge in [0.2, 0.25) is 5.88 Å². The number of halogens is 1. The van der Waals surface area contributed by atoms with Crippen LogP contribution in [0, 0.1) is 5.82 Å². The van der Waals surface area contributed by atoms with E-state index in [9.17, 15) is 19.1 Å². The molecule has 2 heterocycles. The summed E-state index contributed by atoms with van der Waals surface area (Å²) in [5.74, 6) is -1.72. The number of carbonyl (C=O) groups is 1. The molecule has 0 atom stereocenters. The third kappa shape index (κ3) is 2.56. The zero-order valence-corrected chi connectivity index (χ0v) is 11.9. The number of rotatable bonds is 3. The molecule has 2 N–H and O–H groups in total. The first-order chi connectivity index (χ1) is 10.6. The van der Waals surface area contributed by atoms with Crippen LogP contribution in [0.1, 0.15) is 15.9 Å². The monoisotopic (exact) mass is 319 g/mol. The highest BCUT2D eigenvalue weighted by Gasteiger charge is 2.19. The summed E-state index contributed by atoms with van der Waals surface area (Å²) in [4.78, 5) is 28.4. The lowest BCUT2D eigenvalue weighted by molar-refractivity contribution is 0.0945. The summed E-state index contributed by atoms with van der Waals surface area (Å²) in [6.07, 6.45) is 1.48. The molecule has 0 unspecified atom stereocenters. The second-order valence-corrected chi connectivity index (χ2v) is 5.35. The van der Waals surface area contributed by atoms with Gasteiger partial charge in [-0.05, 0) is 17.7 Å².